The van der Waals surface area contributed by atoms with E-state index in [1.165, 1.54) is 12.0 Å². The van der Waals surface area contributed by atoms with Crippen molar-refractivity contribution in [2.75, 3.05) is 0 Å². The first-order valence-electron chi connectivity index (χ1n) is 5.78. The molecule has 0 aromatic carbocycles. The van der Waals surface area contributed by atoms with Crippen LogP contribution in [0, 0.1) is 11.3 Å². The molecule has 0 spiro atoms. The Morgan fingerprint density at radius 1 is 1.47 bits per heavy atom. The first-order valence-corrected chi connectivity index (χ1v) is 5.78. The van der Waals surface area contributed by atoms with Crippen molar-refractivity contribution in [3.8, 4) is 0 Å². The van der Waals surface area contributed by atoms with Gasteiger partial charge in [-0.3, -0.25) is 4.79 Å². The zero-order valence-electron chi connectivity index (χ0n) is 10.6. The van der Waals surface area contributed by atoms with Crippen LogP contribution in [-0.4, -0.2) is 5.78 Å². The third-order valence-corrected chi connectivity index (χ3v) is 3.58. The van der Waals surface area contributed by atoms with Gasteiger partial charge in [-0.25, -0.2) is 0 Å². The van der Waals surface area contributed by atoms with Crippen molar-refractivity contribution in [1.82, 2.24) is 0 Å². The van der Waals surface area contributed by atoms with E-state index in [1.54, 1.807) is 6.08 Å². The molecule has 0 aliphatic heterocycles. The summed E-state index contributed by atoms with van der Waals surface area (Å²) in [6.07, 6.45) is 5.84. The molecule has 84 valence electrons. The van der Waals surface area contributed by atoms with Crippen LogP contribution < -0.4 is 0 Å². The van der Waals surface area contributed by atoms with Crippen LogP contribution in [0.15, 0.2) is 23.3 Å². The topological polar surface area (TPSA) is 17.1 Å². The largest absolute Gasteiger partial charge is 0.290 e. The van der Waals surface area contributed by atoms with Gasteiger partial charge in [-0.05, 0) is 44.1 Å². The average molecular weight is 206 g/mol. The first kappa shape index (κ1) is 12.2. The summed E-state index contributed by atoms with van der Waals surface area (Å²) < 4.78 is 0. The highest BCUT2D eigenvalue weighted by molar-refractivity contribution is 6.05. The van der Waals surface area contributed by atoms with Gasteiger partial charge in [0.1, 0.15) is 0 Å². The summed E-state index contributed by atoms with van der Waals surface area (Å²) in [5, 5.41) is 0. The van der Waals surface area contributed by atoms with Gasteiger partial charge in [-0.15, -0.1) is 0 Å². The predicted octanol–water partition coefficient (Wildman–Crippen LogP) is 3.90. The maximum atomic E-state index is 12.0. The monoisotopic (exact) mass is 206 g/mol. The minimum absolute atomic E-state index is 0.0488. The summed E-state index contributed by atoms with van der Waals surface area (Å²) in [5.41, 5.74) is 2.38. The molecule has 1 heteroatoms. The molecule has 0 bridgehead atoms. The van der Waals surface area contributed by atoms with Crippen molar-refractivity contribution in [3.63, 3.8) is 0 Å². The van der Waals surface area contributed by atoms with E-state index < -0.39 is 0 Å². The fourth-order valence-corrected chi connectivity index (χ4v) is 2.46. The van der Waals surface area contributed by atoms with E-state index in [-0.39, 0.29) is 11.2 Å². The fraction of sp³-hybridized carbons (Fsp3) is 0.643. The van der Waals surface area contributed by atoms with Crippen LogP contribution in [0.25, 0.3) is 0 Å². The molecule has 0 radical (unpaired) electrons. The summed E-state index contributed by atoms with van der Waals surface area (Å²) in [7, 11) is 0. The maximum absolute atomic E-state index is 12.0. The molecule has 1 aliphatic rings. The van der Waals surface area contributed by atoms with Gasteiger partial charge >= 0.3 is 0 Å². The molecule has 0 fully saturated rings. The Morgan fingerprint density at radius 2 is 2.07 bits per heavy atom. The van der Waals surface area contributed by atoms with Crippen molar-refractivity contribution in [3.05, 3.63) is 23.3 Å². The Kier molecular flexibility index (Phi) is 3.54. The average Bonchev–Trinajstić information content (AvgIpc) is 2.12. The van der Waals surface area contributed by atoms with Gasteiger partial charge in [0.05, 0.1) is 0 Å². The molecule has 0 saturated heterocycles. The van der Waals surface area contributed by atoms with Gasteiger partial charge < -0.3 is 0 Å². The molecule has 1 rings (SSSR count). The SMILES string of the molecule is C/C=C/C(=O)C1=C(C)C(C)CCC1(C)C. The summed E-state index contributed by atoms with van der Waals surface area (Å²) >= 11 is 0. The highest BCUT2D eigenvalue weighted by atomic mass is 16.1. The van der Waals surface area contributed by atoms with Crippen LogP contribution in [0.1, 0.15) is 47.5 Å². The van der Waals surface area contributed by atoms with Crippen LogP contribution in [0.3, 0.4) is 0 Å². The number of ketones is 1. The zero-order valence-corrected chi connectivity index (χ0v) is 10.6. The van der Waals surface area contributed by atoms with Crippen molar-refractivity contribution < 1.29 is 4.79 Å². The number of carbonyl (C=O) groups excluding carboxylic acids is 1. The summed E-state index contributed by atoms with van der Waals surface area (Å²) in [6.45, 7) is 10.6. The highest BCUT2D eigenvalue weighted by Crippen LogP contribution is 2.43. The Labute approximate surface area is 93.3 Å². The molecule has 0 heterocycles. The minimum Gasteiger partial charge on any atom is -0.290 e. The van der Waals surface area contributed by atoms with Crippen molar-refractivity contribution in [2.24, 2.45) is 11.3 Å². The summed E-state index contributed by atoms with van der Waals surface area (Å²) in [4.78, 5) is 12.0. The standard InChI is InChI=1S/C14H22O/c1-6-7-12(15)13-11(3)10(2)8-9-14(13,4)5/h6-7,10H,8-9H2,1-5H3/b7-6+. The Balaban J connectivity index is 3.17. The first-order chi connectivity index (χ1) is 6.90. The van der Waals surface area contributed by atoms with Gasteiger partial charge in [-0.2, -0.15) is 0 Å². The Hall–Kier alpha value is -0.850. The van der Waals surface area contributed by atoms with E-state index in [1.807, 2.05) is 13.0 Å². The van der Waals surface area contributed by atoms with Gasteiger partial charge in [0, 0.05) is 5.57 Å². The fourth-order valence-electron chi connectivity index (χ4n) is 2.46. The van der Waals surface area contributed by atoms with Crippen molar-refractivity contribution in [2.45, 2.75) is 47.5 Å². The second-order valence-corrected chi connectivity index (χ2v) is 5.25. The van der Waals surface area contributed by atoms with Gasteiger partial charge in [0.15, 0.2) is 5.78 Å². The second-order valence-electron chi connectivity index (χ2n) is 5.25. The molecule has 0 aromatic heterocycles. The Bertz CT molecular complexity index is 318. The predicted molar refractivity (Wildman–Crippen MR) is 64.7 cm³/mol. The van der Waals surface area contributed by atoms with Crippen LogP contribution in [0.2, 0.25) is 0 Å². The lowest BCUT2D eigenvalue weighted by Crippen LogP contribution is -2.28. The van der Waals surface area contributed by atoms with Gasteiger partial charge in [0.25, 0.3) is 0 Å². The van der Waals surface area contributed by atoms with E-state index in [0.717, 1.165) is 12.0 Å². The van der Waals surface area contributed by atoms with Gasteiger partial charge in [0.2, 0.25) is 0 Å². The maximum Gasteiger partial charge on any atom is 0.181 e. The van der Waals surface area contributed by atoms with Crippen LogP contribution in [0.4, 0.5) is 0 Å². The van der Waals surface area contributed by atoms with E-state index in [9.17, 15) is 4.79 Å². The lowest BCUT2D eigenvalue weighted by atomic mass is 9.68. The van der Waals surface area contributed by atoms with Gasteiger partial charge in [-0.1, -0.05) is 32.4 Å². The Morgan fingerprint density at radius 3 is 2.60 bits per heavy atom. The minimum atomic E-state index is 0.0488. The smallest absolute Gasteiger partial charge is 0.181 e. The number of allylic oxidation sites excluding steroid dienone is 4. The van der Waals surface area contributed by atoms with E-state index >= 15 is 0 Å². The molecule has 0 saturated carbocycles. The van der Waals surface area contributed by atoms with E-state index in [0.29, 0.717) is 5.92 Å². The van der Waals surface area contributed by atoms with E-state index in [2.05, 4.69) is 27.7 Å². The number of carbonyl (C=O) groups is 1. The third kappa shape index (κ3) is 2.39. The molecule has 0 N–H and O–H groups in total. The molecular weight excluding hydrogens is 184 g/mol. The van der Waals surface area contributed by atoms with Crippen LogP contribution >= 0.6 is 0 Å². The molecular formula is C14H22O. The second kappa shape index (κ2) is 4.34. The molecule has 1 aliphatic carbocycles. The number of rotatable bonds is 2. The summed E-state index contributed by atoms with van der Waals surface area (Å²) in [6, 6.07) is 0. The lowest BCUT2D eigenvalue weighted by molar-refractivity contribution is -0.112. The van der Waals surface area contributed by atoms with Crippen molar-refractivity contribution >= 4 is 5.78 Å². The normalized spacial score (nSPS) is 26.1. The molecule has 0 aromatic rings. The quantitative estimate of drug-likeness (QED) is 0.626. The molecule has 1 atom stereocenters. The van der Waals surface area contributed by atoms with Crippen LogP contribution in [0.5, 0.6) is 0 Å². The van der Waals surface area contributed by atoms with Crippen LogP contribution in [-0.2, 0) is 4.79 Å². The molecule has 1 nitrogen and oxygen atoms in total. The van der Waals surface area contributed by atoms with Crippen molar-refractivity contribution in [1.29, 1.82) is 0 Å². The number of hydrogen-bond donors (Lipinski definition) is 0. The van der Waals surface area contributed by atoms with E-state index in [4.69, 9.17) is 0 Å². The molecule has 0 amide bonds. The lowest BCUT2D eigenvalue weighted by Gasteiger charge is -2.36. The molecule has 1 unspecified atom stereocenters. The highest BCUT2D eigenvalue weighted by Gasteiger charge is 2.34. The zero-order chi connectivity index (χ0) is 11.6. The third-order valence-electron chi connectivity index (χ3n) is 3.58. The molecule has 15 heavy (non-hydrogen) atoms. The number of hydrogen-bond acceptors (Lipinski definition) is 1. The summed E-state index contributed by atoms with van der Waals surface area (Å²) in [5.74, 6) is 0.758.